The quantitative estimate of drug-likeness (QED) is 0.715. The van der Waals surface area contributed by atoms with Crippen LogP contribution >= 0.6 is 0 Å². The highest BCUT2D eigenvalue weighted by atomic mass is 15.3. The molecule has 2 heterocycles. The van der Waals surface area contributed by atoms with Crippen LogP contribution in [0.5, 0.6) is 0 Å². The Balaban J connectivity index is 1.91. The van der Waals surface area contributed by atoms with Gasteiger partial charge in [-0.05, 0) is 23.3 Å². The molecule has 1 aliphatic heterocycles. The first kappa shape index (κ1) is 9.08. The van der Waals surface area contributed by atoms with Gasteiger partial charge in [0.15, 0.2) is 0 Å². The van der Waals surface area contributed by atoms with Crippen molar-refractivity contribution < 1.29 is 0 Å². The Kier molecular flexibility index (Phi) is 1.96. The molecule has 0 saturated heterocycles. The van der Waals surface area contributed by atoms with E-state index in [0.717, 1.165) is 18.8 Å². The minimum atomic E-state index is 0.664. The minimum absolute atomic E-state index is 0.664. The Labute approximate surface area is 92.9 Å². The van der Waals surface area contributed by atoms with Crippen molar-refractivity contribution in [3.63, 3.8) is 0 Å². The third-order valence-corrected chi connectivity index (χ3v) is 2.71. The molecule has 2 N–H and O–H groups in total. The standard InChI is InChI=1S/C11H11N5/c12-10-2-1-8-6-16(7-9(8)5-10)11-13-3-4-14-15-11/h1-5H,6-7,12H2. The van der Waals surface area contributed by atoms with Gasteiger partial charge in [-0.25, -0.2) is 4.98 Å². The second-order valence-electron chi connectivity index (χ2n) is 3.83. The number of fused-ring (bicyclic) bond motifs is 1. The lowest BCUT2D eigenvalue weighted by molar-refractivity contribution is 0.798. The molecule has 0 atom stereocenters. The number of nitrogens with zero attached hydrogens (tertiary/aromatic N) is 4. The van der Waals surface area contributed by atoms with Gasteiger partial charge in [0.25, 0.3) is 0 Å². The molecule has 0 fully saturated rings. The Morgan fingerprint density at radius 1 is 1.12 bits per heavy atom. The molecule has 2 aromatic rings. The fourth-order valence-corrected chi connectivity index (χ4v) is 1.94. The first-order chi connectivity index (χ1) is 7.83. The monoisotopic (exact) mass is 213 g/mol. The summed E-state index contributed by atoms with van der Waals surface area (Å²) in [6.07, 6.45) is 3.23. The predicted octanol–water partition coefficient (Wildman–Crippen LogP) is 0.974. The topological polar surface area (TPSA) is 67.9 Å². The highest BCUT2D eigenvalue weighted by molar-refractivity contribution is 5.50. The number of rotatable bonds is 1. The molecule has 0 aliphatic carbocycles. The smallest absolute Gasteiger partial charge is 0.245 e. The fraction of sp³-hybridized carbons (Fsp3) is 0.182. The molecule has 1 aromatic heterocycles. The first-order valence-corrected chi connectivity index (χ1v) is 5.09. The Hall–Kier alpha value is -2.17. The summed E-state index contributed by atoms with van der Waals surface area (Å²) in [6, 6.07) is 5.99. The van der Waals surface area contributed by atoms with Gasteiger partial charge in [-0.15, -0.1) is 5.10 Å². The van der Waals surface area contributed by atoms with E-state index in [2.05, 4.69) is 26.1 Å². The summed E-state index contributed by atoms with van der Waals surface area (Å²) >= 11 is 0. The van der Waals surface area contributed by atoms with Crippen LogP contribution in [0.3, 0.4) is 0 Å². The number of hydrogen-bond acceptors (Lipinski definition) is 5. The highest BCUT2D eigenvalue weighted by Gasteiger charge is 2.20. The van der Waals surface area contributed by atoms with Crippen LogP contribution in [0.4, 0.5) is 11.6 Å². The normalized spacial score (nSPS) is 13.9. The number of aromatic nitrogens is 3. The van der Waals surface area contributed by atoms with E-state index in [9.17, 15) is 0 Å². The Morgan fingerprint density at radius 3 is 2.81 bits per heavy atom. The zero-order chi connectivity index (χ0) is 11.0. The molecule has 16 heavy (non-hydrogen) atoms. The fourth-order valence-electron chi connectivity index (χ4n) is 1.94. The molecule has 0 amide bonds. The van der Waals surface area contributed by atoms with Crippen molar-refractivity contribution in [2.75, 3.05) is 10.6 Å². The van der Waals surface area contributed by atoms with E-state index in [4.69, 9.17) is 5.73 Å². The molecule has 1 aromatic carbocycles. The molecule has 0 radical (unpaired) electrons. The molecule has 1 aliphatic rings. The van der Waals surface area contributed by atoms with Gasteiger partial charge >= 0.3 is 0 Å². The van der Waals surface area contributed by atoms with E-state index in [-0.39, 0.29) is 0 Å². The van der Waals surface area contributed by atoms with Gasteiger partial charge in [-0.3, -0.25) is 0 Å². The van der Waals surface area contributed by atoms with E-state index < -0.39 is 0 Å². The van der Waals surface area contributed by atoms with Crippen LogP contribution in [-0.2, 0) is 13.1 Å². The lowest BCUT2D eigenvalue weighted by atomic mass is 10.1. The highest BCUT2D eigenvalue weighted by Crippen LogP contribution is 2.26. The average molecular weight is 213 g/mol. The van der Waals surface area contributed by atoms with E-state index in [1.807, 2.05) is 12.1 Å². The number of nitrogen functional groups attached to an aromatic ring is 1. The van der Waals surface area contributed by atoms with Crippen molar-refractivity contribution in [1.29, 1.82) is 0 Å². The largest absolute Gasteiger partial charge is 0.399 e. The molecule has 5 nitrogen and oxygen atoms in total. The van der Waals surface area contributed by atoms with Crippen LogP contribution in [0.15, 0.2) is 30.6 Å². The third-order valence-electron chi connectivity index (χ3n) is 2.71. The van der Waals surface area contributed by atoms with Crippen molar-refractivity contribution >= 4 is 11.6 Å². The number of hydrogen-bond donors (Lipinski definition) is 1. The number of nitrogens with two attached hydrogens (primary N) is 1. The maximum absolute atomic E-state index is 5.75. The second kappa shape index (κ2) is 3.44. The summed E-state index contributed by atoms with van der Waals surface area (Å²) in [4.78, 5) is 6.27. The molecular formula is C11H11N5. The molecular weight excluding hydrogens is 202 g/mol. The summed E-state index contributed by atoms with van der Waals surface area (Å²) in [5.41, 5.74) is 9.07. The lowest BCUT2D eigenvalue weighted by Crippen LogP contribution is -2.17. The van der Waals surface area contributed by atoms with Gasteiger partial charge in [-0.2, -0.15) is 5.10 Å². The van der Waals surface area contributed by atoms with Crippen LogP contribution in [0.1, 0.15) is 11.1 Å². The second-order valence-corrected chi connectivity index (χ2v) is 3.83. The molecule has 80 valence electrons. The molecule has 0 unspecified atom stereocenters. The van der Waals surface area contributed by atoms with Gasteiger partial charge in [0, 0.05) is 18.8 Å². The first-order valence-electron chi connectivity index (χ1n) is 5.09. The van der Waals surface area contributed by atoms with Crippen molar-refractivity contribution in [3.8, 4) is 0 Å². The van der Waals surface area contributed by atoms with Crippen LogP contribution in [0.2, 0.25) is 0 Å². The predicted molar refractivity (Wildman–Crippen MR) is 60.6 cm³/mol. The van der Waals surface area contributed by atoms with Crippen molar-refractivity contribution in [2.24, 2.45) is 0 Å². The minimum Gasteiger partial charge on any atom is -0.399 e. The molecule has 0 bridgehead atoms. The number of benzene rings is 1. The SMILES string of the molecule is Nc1ccc2c(c1)CN(c1nccnn1)C2. The molecule has 5 heteroatoms. The van der Waals surface area contributed by atoms with Crippen LogP contribution < -0.4 is 10.6 Å². The van der Waals surface area contributed by atoms with E-state index in [1.165, 1.54) is 11.1 Å². The number of anilines is 2. The average Bonchev–Trinajstić information content (AvgIpc) is 2.73. The summed E-state index contributed by atoms with van der Waals surface area (Å²) in [5.74, 6) is 0.664. The molecule has 3 rings (SSSR count). The zero-order valence-corrected chi connectivity index (χ0v) is 8.67. The summed E-state index contributed by atoms with van der Waals surface area (Å²) in [6.45, 7) is 1.62. The van der Waals surface area contributed by atoms with Crippen LogP contribution in [0.25, 0.3) is 0 Å². The summed E-state index contributed by atoms with van der Waals surface area (Å²) < 4.78 is 0. The van der Waals surface area contributed by atoms with Crippen molar-refractivity contribution in [2.45, 2.75) is 13.1 Å². The van der Waals surface area contributed by atoms with Gasteiger partial charge < -0.3 is 10.6 Å². The van der Waals surface area contributed by atoms with Gasteiger partial charge in [0.05, 0.1) is 12.4 Å². The zero-order valence-electron chi connectivity index (χ0n) is 8.67. The van der Waals surface area contributed by atoms with Gasteiger partial charge in [0.2, 0.25) is 5.95 Å². The van der Waals surface area contributed by atoms with Crippen LogP contribution in [0, 0.1) is 0 Å². The summed E-state index contributed by atoms with van der Waals surface area (Å²) in [7, 11) is 0. The molecule has 0 spiro atoms. The maximum atomic E-state index is 5.75. The van der Waals surface area contributed by atoms with Crippen molar-refractivity contribution in [1.82, 2.24) is 15.2 Å². The van der Waals surface area contributed by atoms with Gasteiger partial charge in [-0.1, -0.05) is 6.07 Å². The summed E-state index contributed by atoms with van der Waals surface area (Å²) in [5, 5.41) is 7.83. The van der Waals surface area contributed by atoms with Gasteiger partial charge in [0.1, 0.15) is 0 Å². The van der Waals surface area contributed by atoms with E-state index >= 15 is 0 Å². The Bertz CT molecular complexity index is 511. The molecule has 0 saturated carbocycles. The lowest BCUT2D eigenvalue weighted by Gasteiger charge is -2.13. The Morgan fingerprint density at radius 2 is 2.00 bits per heavy atom. The van der Waals surface area contributed by atoms with E-state index in [0.29, 0.717) is 5.95 Å². The van der Waals surface area contributed by atoms with E-state index in [1.54, 1.807) is 12.4 Å². The van der Waals surface area contributed by atoms with Crippen LogP contribution in [-0.4, -0.2) is 15.2 Å². The van der Waals surface area contributed by atoms with Crippen molar-refractivity contribution in [3.05, 3.63) is 41.7 Å². The third kappa shape index (κ3) is 1.46. The maximum Gasteiger partial charge on any atom is 0.245 e.